The fourth-order valence-corrected chi connectivity index (χ4v) is 2.25. The van der Waals surface area contributed by atoms with Crippen LogP contribution in [0.2, 0.25) is 0 Å². The Morgan fingerprint density at radius 3 is 2.85 bits per heavy atom. The number of rotatable bonds is 9. The van der Waals surface area contributed by atoms with Crippen LogP contribution in [0, 0.1) is 12.7 Å². The second kappa shape index (κ2) is 10.4. The lowest BCUT2D eigenvalue weighted by molar-refractivity contribution is 0.205. The molecule has 0 aliphatic rings. The van der Waals surface area contributed by atoms with Gasteiger partial charge < -0.3 is 19.9 Å². The van der Waals surface area contributed by atoms with Gasteiger partial charge in [-0.25, -0.2) is 9.38 Å². The Bertz CT molecular complexity index is 704. The van der Waals surface area contributed by atoms with Crippen molar-refractivity contribution in [3.05, 3.63) is 41.8 Å². The summed E-state index contributed by atoms with van der Waals surface area (Å²) in [4.78, 5) is 8.71. The van der Waals surface area contributed by atoms with Gasteiger partial charge in [0.2, 0.25) is 5.89 Å². The highest BCUT2D eigenvalue weighted by molar-refractivity contribution is 5.79. The molecule has 0 radical (unpaired) electrons. The minimum Gasteiger partial charge on any atom is -0.488 e. The third kappa shape index (κ3) is 6.70. The predicted molar refractivity (Wildman–Crippen MR) is 97.8 cm³/mol. The number of ether oxygens (including phenoxy) is 1. The molecule has 8 heteroatoms. The van der Waals surface area contributed by atoms with Crippen molar-refractivity contribution in [1.82, 2.24) is 20.8 Å². The lowest BCUT2D eigenvalue weighted by atomic mass is 10.2. The molecule has 2 aromatic rings. The molecule has 0 spiro atoms. The van der Waals surface area contributed by atoms with Crippen LogP contribution in [0.5, 0.6) is 5.75 Å². The molecule has 7 nitrogen and oxygen atoms in total. The summed E-state index contributed by atoms with van der Waals surface area (Å²) in [6.07, 6.45) is 1.24. The van der Waals surface area contributed by atoms with Crippen molar-refractivity contribution in [2.45, 2.75) is 39.7 Å². The Labute approximate surface area is 153 Å². The Morgan fingerprint density at radius 1 is 1.35 bits per heavy atom. The van der Waals surface area contributed by atoms with E-state index in [0.29, 0.717) is 42.9 Å². The number of halogens is 1. The van der Waals surface area contributed by atoms with Crippen molar-refractivity contribution in [3.63, 3.8) is 0 Å². The van der Waals surface area contributed by atoms with Crippen LogP contribution in [0.15, 0.2) is 33.8 Å². The van der Waals surface area contributed by atoms with Crippen molar-refractivity contribution in [3.8, 4) is 5.75 Å². The van der Waals surface area contributed by atoms with E-state index in [1.807, 2.05) is 13.8 Å². The highest BCUT2D eigenvalue weighted by atomic mass is 19.1. The van der Waals surface area contributed by atoms with Gasteiger partial charge in [-0.15, -0.1) is 0 Å². The molecular formula is C18H26FN5O2. The predicted octanol–water partition coefficient (Wildman–Crippen LogP) is 2.47. The van der Waals surface area contributed by atoms with E-state index in [0.717, 1.165) is 13.0 Å². The van der Waals surface area contributed by atoms with Crippen molar-refractivity contribution in [2.75, 3.05) is 19.6 Å². The monoisotopic (exact) mass is 363 g/mol. The highest BCUT2D eigenvalue weighted by Gasteiger charge is 2.09. The molecule has 0 aliphatic heterocycles. The van der Waals surface area contributed by atoms with E-state index >= 15 is 0 Å². The normalized spacial score (nSPS) is 12.7. The first kappa shape index (κ1) is 19.7. The summed E-state index contributed by atoms with van der Waals surface area (Å²) in [6, 6.07) is 6.14. The van der Waals surface area contributed by atoms with Gasteiger partial charge in [-0.2, -0.15) is 4.98 Å². The van der Waals surface area contributed by atoms with Crippen LogP contribution in [0.25, 0.3) is 0 Å². The molecule has 0 saturated carbocycles. The molecule has 26 heavy (non-hydrogen) atoms. The van der Waals surface area contributed by atoms with Gasteiger partial charge in [0.05, 0.1) is 6.54 Å². The van der Waals surface area contributed by atoms with Gasteiger partial charge in [0.1, 0.15) is 17.7 Å². The largest absolute Gasteiger partial charge is 0.488 e. The summed E-state index contributed by atoms with van der Waals surface area (Å²) in [6.45, 7) is 7.62. The van der Waals surface area contributed by atoms with Gasteiger partial charge in [-0.1, -0.05) is 18.1 Å². The molecule has 0 saturated heterocycles. The van der Waals surface area contributed by atoms with Crippen molar-refractivity contribution >= 4 is 5.96 Å². The minimum absolute atomic E-state index is 0.133. The van der Waals surface area contributed by atoms with Crippen molar-refractivity contribution < 1.29 is 13.7 Å². The van der Waals surface area contributed by atoms with E-state index in [2.05, 4.69) is 25.8 Å². The molecule has 2 rings (SSSR count). The van der Waals surface area contributed by atoms with E-state index < -0.39 is 0 Å². The van der Waals surface area contributed by atoms with Gasteiger partial charge in [-0.3, -0.25) is 0 Å². The SMILES string of the molecule is CCNC(=NCC(CC)Oc1cccc(F)c1)NCCc1nc(C)no1. The summed E-state index contributed by atoms with van der Waals surface area (Å²) in [5, 5.41) is 10.2. The highest BCUT2D eigenvalue weighted by Crippen LogP contribution is 2.15. The Balaban J connectivity index is 1.86. The fourth-order valence-electron chi connectivity index (χ4n) is 2.25. The number of guanidine groups is 1. The second-order valence-corrected chi connectivity index (χ2v) is 5.74. The first-order valence-electron chi connectivity index (χ1n) is 8.84. The number of aliphatic imine (C=N–C) groups is 1. The lowest BCUT2D eigenvalue weighted by Crippen LogP contribution is -2.39. The van der Waals surface area contributed by atoms with Crippen LogP contribution in [0.3, 0.4) is 0 Å². The van der Waals surface area contributed by atoms with E-state index in [4.69, 9.17) is 9.26 Å². The summed E-state index contributed by atoms with van der Waals surface area (Å²) in [7, 11) is 0. The third-order valence-corrected chi connectivity index (χ3v) is 3.55. The molecule has 0 amide bonds. The van der Waals surface area contributed by atoms with Gasteiger partial charge in [-0.05, 0) is 32.4 Å². The average molecular weight is 363 g/mol. The third-order valence-electron chi connectivity index (χ3n) is 3.55. The fraction of sp³-hybridized carbons (Fsp3) is 0.500. The molecule has 1 heterocycles. The minimum atomic E-state index is -0.313. The number of hydrogen-bond donors (Lipinski definition) is 2. The summed E-state index contributed by atoms with van der Waals surface area (Å²) >= 11 is 0. The van der Waals surface area contributed by atoms with Crippen LogP contribution in [-0.4, -0.2) is 41.8 Å². The van der Waals surface area contributed by atoms with Crippen molar-refractivity contribution in [1.29, 1.82) is 0 Å². The zero-order valence-electron chi connectivity index (χ0n) is 15.5. The van der Waals surface area contributed by atoms with Crippen LogP contribution in [-0.2, 0) is 6.42 Å². The smallest absolute Gasteiger partial charge is 0.228 e. The number of aromatic nitrogens is 2. The maximum atomic E-state index is 13.3. The number of hydrogen-bond acceptors (Lipinski definition) is 5. The van der Waals surface area contributed by atoms with Crippen LogP contribution in [0.4, 0.5) is 4.39 Å². The first-order chi connectivity index (χ1) is 12.6. The molecule has 1 unspecified atom stereocenters. The summed E-state index contributed by atoms with van der Waals surface area (Å²) < 4.78 is 24.2. The molecule has 2 N–H and O–H groups in total. The van der Waals surface area contributed by atoms with Crippen LogP contribution < -0.4 is 15.4 Å². The molecule has 1 aromatic carbocycles. The summed E-state index contributed by atoms with van der Waals surface area (Å²) in [5.41, 5.74) is 0. The Hall–Kier alpha value is -2.64. The van der Waals surface area contributed by atoms with Gasteiger partial charge in [0, 0.05) is 25.6 Å². The van der Waals surface area contributed by atoms with E-state index in [-0.39, 0.29) is 11.9 Å². The zero-order valence-corrected chi connectivity index (χ0v) is 15.5. The van der Waals surface area contributed by atoms with Crippen LogP contribution in [0.1, 0.15) is 32.0 Å². The Morgan fingerprint density at radius 2 is 2.19 bits per heavy atom. The lowest BCUT2D eigenvalue weighted by Gasteiger charge is -2.17. The standard InChI is InChI=1S/C18H26FN5O2/c1-4-15(25-16-8-6-7-14(19)11-16)12-22-18(20-5-2)21-10-9-17-23-13(3)24-26-17/h6-8,11,15H,4-5,9-10,12H2,1-3H3,(H2,20,21,22). The van der Waals surface area contributed by atoms with Gasteiger partial charge in [0.25, 0.3) is 0 Å². The van der Waals surface area contributed by atoms with Crippen LogP contribution >= 0.6 is 0 Å². The Kier molecular flexibility index (Phi) is 7.85. The summed E-state index contributed by atoms with van der Waals surface area (Å²) in [5.74, 6) is 2.10. The topological polar surface area (TPSA) is 84.6 Å². The van der Waals surface area contributed by atoms with Gasteiger partial charge >= 0.3 is 0 Å². The molecular weight excluding hydrogens is 337 g/mol. The first-order valence-corrected chi connectivity index (χ1v) is 8.84. The van der Waals surface area contributed by atoms with Gasteiger partial charge in [0.15, 0.2) is 11.8 Å². The maximum absolute atomic E-state index is 13.3. The average Bonchev–Trinajstić information content (AvgIpc) is 3.03. The molecule has 142 valence electrons. The van der Waals surface area contributed by atoms with Crippen molar-refractivity contribution in [2.24, 2.45) is 4.99 Å². The van der Waals surface area contributed by atoms with E-state index in [1.54, 1.807) is 19.1 Å². The van der Waals surface area contributed by atoms with E-state index in [9.17, 15) is 4.39 Å². The van der Waals surface area contributed by atoms with E-state index in [1.165, 1.54) is 12.1 Å². The number of aryl methyl sites for hydroxylation is 1. The number of nitrogens with zero attached hydrogens (tertiary/aromatic N) is 3. The molecule has 1 atom stereocenters. The molecule has 1 aromatic heterocycles. The second-order valence-electron chi connectivity index (χ2n) is 5.74. The zero-order chi connectivity index (χ0) is 18.8. The number of nitrogens with one attached hydrogen (secondary N) is 2. The maximum Gasteiger partial charge on any atom is 0.228 e. The molecule has 0 bridgehead atoms. The number of benzene rings is 1. The molecule has 0 fully saturated rings. The quantitative estimate of drug-likeness (QED) is 0.526. The molecule has 0 aliphatic carbocycles.